The van der Waals surface area contributed by atoms with Gasteiger partial charge in [0.25, 0.3) is 0 Å². The lowest BCUT2D eigenvalue weighted by Gasteiger charge is -2.36. The summed E-state index contributed by atoms with van der Waals surface area (Å²) in [4.78, 5) is 11.7. The fourth-order valence-corrected chi connectivity index (χ4v) is 2.02. The van der Waals surface area contributed by atoms with Crippen LogP contribution in [0.4, 0.5) is 0 Å². The van der Waals surface area contributed by atoms with Gasteiger partial charge < -0.3 is 10.5 Å². The summed E-state index contributed by atoms with van der Waals surface area (Å²) in [6.07, 6.45) is 6.20. The number of hydrogen-bond acceptors (Lipinski definition) is 3. The van der Waals surface area contributed by atoms with Crippen LogP contribution in [0.2, 0.25) is 0 Å². The van der Waals surface area contributed by atoms with E-state index in [9.17, 15) is 4.79 Å². The van der Waals surface area contributed by atoms with Crippen molar-refractivity contribution in [2.45, 2.75) is 58.0 Å². The summed E-state index contributed by atoms with van der Waals surface area (Å²) in [7, 11) is 0. The van der Waals surface area contributed by atoms with Gasteiger partial charge in [0, 0.05) is 6.54 Å². The summed E-state index contributed by atoms with van der Waals surface area (Å²) in [5.41, 5.74) is 5.40. The Morgan fingerprint density at radius 1 is 1.40 bits per heavy atom. The highest BCUT2D eigenvalue weighted by atomic mass is 16.6. The maximum absolute atomic E-state index is 11.7. The zero-order chi connectivity index (χ0) is 11.3. The van der Waals surface area contributed by atoms with Crippen molar-refractivity contribution >= 4 is 5.97 Å². The summed E-state index contributed by atoms with van der Waals surface area (Å²) in [6.45, 7) is 4.38. The third-order valence-electron chi connectivity index (χ3n) is 3.47. The third-order valence-corrected chi connectivity index (χ3v) is 3.47. The Labute approximate surface area is 92.4 Å². The quantitative estimate of drug-likeness (QED) is 0.729. The molecule has 1 atom stereocenters. The Morgan fingerprint density at radius 2 is 2.00 bits per heavy atom. The van der Waals surface area contributed by atoms with Crippen molar-refractivity contribution in [2.24, 2.45) is 11.7 Å². The van der Waals surface area contributed by atoms with Crippen LogP contribution in [0, 0.1) is 5.92 Å². The van der Waals surface area contributed by atoms with Crippen molar-refractivity contribution in [2.75, 3.05) is 6.54 Å². The number of ether oxygens (including phenoxy) is 1. The van der Waals surface area contributed by atoms with E-state index in [2.05, 4.69) is 0 Å². The van der Waals surface area contributed by atoms with Crippen molar-refractivity contribution in [3.8, 4) is 0 Å². The van der Waals surface area contributed by atoms with E-state index in [1.54, 1.807) is 0 Å². The third kappa shape index (κ3) is 3.20. The van der Waals surface area contributed by atoms with Crippen LogP contribution in [-0.2, 0) is 9.53 Å². The molecule has 3 nitrogen and oxygen atoms in total. The van der Waals surface area contributed by atoms with Gasteiger partial charge in [-0.25, -0.2) is 0 Å². The van der Waals surface area contributed by atoms with Gasteiger partial charge in [-0.1, -0.05) is 20.3 Å². The largest absolute Gasteiger partial charge is 0.458 e. The van der Waals surface area contributed by atoms with E-state index < -0.39 is 0 Å². The highest BCUT2D eigenvalue weighted by molar-refractivity contribution is 5.72. The minimum atomic E-state index is -0.348. The molecule has 1 aliphatic carbocycles. The van der Waals surface area contributed by atoms with Gasteiger partial charge in [0.15, 0.2) is 0 Å². The topological polar surface area (TPSA) is 52.3 Å². The molecule has 0 bridgehead atoms. The van der Waals surface area contributed by atoms with Gasteiger partial charge in [-0.05, 0) is 32.1 Å². The van der Waals surface area contributed by atoms with Crippen LogP contribution in [0.1, 0.15) is 52.4 Å². The molecule has 0 spiro atoms. The molecule has 0 aromatic heterocycles. The van der Waals surface area contributed by atoms with Crippen molar-refractivity contribution in [1.29, 1.82) is 0 Å². The lowest BCUT2D eigenvalue weighted by Crippen LogP contribution is -2.45. The monoisotopic (exact) mass is 213 g/mol. The molecule has 0 radical (unpaired) electrons. The average Bonchev–Trinajstić information content (AvgIpc) is 2.29. The SMILES string of the molecule is CCC(C)C(=O)OC1(CN)CCCCC1. The van der Waals surface area contributed by atoms with Crippen LogP contribution >= 0.6 is 0 Å². The lowest BCUT2D eigenvalue weighted by atomic mass is 9.84. The van der Waals surface area contributed by atoms with Crippen LogP contribution in [0.3, 0.4) is 0 Å². The smallest absolute Gasteiger partial charge is 0.309 e. The number of esters is 1. The zero-order valence-corrected chi connectivity index (χ0v) is 9.92. The van der Waals surface area contributed by atoms with E-state index in [0.717, 1.165) is 32.1 Å². The average molecular weight is 213 g/mol. The van der Waals surface area contributed by atoms with Gasteiger partial charge in [-0.15, -0.1) is 0 Å². The van der Waals surface area contributed by atoms with E-state index >= 15 is 0 Å². The summed E-state index contributed by atoms with van der Waals surface area (Å²) in [5.74, 6) is -0.0831. The van der Waals surface area contributed by atoms with Crippen LogP contribution < -0.4 is 5.73 Å². The molecular weight excluding hydrogens is 190 g/mol. The molecule has 1 rings (SSSR count). The molecule has 0 aliphatic heterocycles. The fourth-order valence-electron chi connectivity index (χ4n) is 2.02. The highest BCUT2D eigenvalue weighted by Crippen LogP contribution is 2.31. The first-order valence-corrected chi connectivity index (χ1v) is 6.06. The second-order valence-corrected chi connectivity index (χ2v) is 4.68. The first-order chi connectivity index (χ1) is 7.13. The molecule has 2 N–H and O–H groups in total. The Bertz CT molecular complexity index is 210. The molecular formula is C12H23NO2. The Balaban J connectivity index is 2.55. The normalized spacial score (nSPS) is 22.1. The van der Waals surface area contributed by atoms with E-state index in [0.29, 0.717) is 6.54 Å². The van der Waals surface area contributed by atoms with E-state index in [1.165, 1.54) is 6.42 Å². The summed E-state index contributed by atoms with van der Waals surface area (Å²) < 4.78 is 5.62. The number of carbonyl (C=O) groups excluding carboxylic acids is 1. The first-order valence-electron chi connectivity index (χ1n) is 6.06. The summed E-state index contributed by atoms with van der Waals surface area (Å²) in [6, 6.07) is 0. The second-order valence-electron chi connectivity index (χ2n) is 4.68. The minimum Gasteiger partial charge on any atom is -0.458 e. The number of nitrogens with two attached hydrogens (primary N) is 1. The first kappa shape index (κ1) is 12.5. The molecule has 1 saturated carbocycles. The predicted octanol–water partition coefficient (Wildman–Crippen LogP) is 2.24. The van der Waals surface area contributed by atoms with Gasteiger partial charge in [-0.3, -0.25) is 4.79 Å². The number of rotatable bonds is 4. The lowest BCUT2D eigenvalue weighted by molar-refractivity contribution is -0.166. The van der Waals surface area contributed by atoms with Gasteiger partial charge in [0.2, 0.25) is 0 Å². The van der Waals surface area contributed by atoms with Crippen molar-refractivity contribution in [3.63, 3.8) is 0 Å². The summed E-state index contributed by atoms with van der Waals surface area (Å²) >= 11 is 0. The second kappa shape index (κ2) is 5.50. The highest BCUT2D eigenvalue weighted by Gasteiger charge is 2.35. The molecule has 0 aromatic carbocycles. The van der Waals surface area contributed by atoms with E-state index in [4.69, 9.17) is 10.5 Å². The molecule has 1 aliphatic rings. The Kier molecular flexibility index (Phi) is 4.58. The van der Waals surface area contributed by atoms with Crippen LogP contribution in [0.25, 0.3) is 0 Å². The fraction of sp³-hybridized carbons (Fsp3) is 0.917. The molecule has 15 heavy (non-hydrogen) atoms. The van der Waals surface area contributed by atoms with Gasteiger partial charge in [0.05, 0.1) is 5.92 Å². The predicted molar refractivity (Wildman–Crippen MR) is 60.4 cm³/mol. The number of hydrogen-bond donors (Lipinski definition) is 1. The van der Waals surface area contributed by atoms with E-state index in [-0.39, 0.29) is 17.5 Å². The van der Waals surface area contributed by atoms with Crippen molar-refractivity contribution < 1.29 is 9.53 Å². The minimum absolute atomic E-state index is 0.00430. The van der Waals surface area contributed by atoms with Crippen molar-refractivity contribution in [1.82, 2.24) is 0 Å². The Hall–Kier alpha value is -0.570. The molecule has 0 heterocycles. The molecule has 1 unspecified atom stereocenters. The van der Waals surface area contributed by atoms with Crippen LogP contribution in [0.5, 0.6) is 0 Å². The molecule has 1 fully saturated rings. The van der Waals surface area contributed by atoms with Crippen LogP contribution in [-0.4, -0.2) is 18.1 Å². The molecule has 3 heteroatoms. The van der Waals surface area contributed by atoms with Gasteiger partial charge in [-0.2, -0.15) is 0 Å². The maximum atomic E-state index is 11.7. The van der Waals surface area contributed by atoms with E-state index in [1.807, 2.05) is 13.8 Å². The van der Waals surface area contributed by atoms with Gasteiger partial charge in [0.1, 0.15) is 5.60 Å². The summed E-state index contributed by atoms with van der Waals surface area (Å²) in [5, 5.41) is 0. The molecule has 0 amide bonds. The standard InChI is InChI=1S/C12H23NO2/c1-3-10(2)11(14)15-12(9-13)7-5-4-6-8-12/h10H,3-9,13H2,1-2H3. The maximum Gasteiger partial charge on any atom is 0.309 e. The zero-order valence-electron chi connectivity index (χ0n) is 9.92. The molecule has 0 saturated heterocycles. The van der Waals surface area contributed by atoms with Crippen LogP contribution in [0.15, 0.2) is 0 Å². The number of carbonyl (C=O) groups is 1. The van der Waals surface area contributed by atoms with Crippen molar-refractivity contribution in [3.05, 3.63) is 0 Å². The van der Waals surface area contributed by atoms with Gasteiger partial charge >= 0.3 is 5.97 Å². The Morgan fingerprint density at radius 3 is 2.47 bits per heavy atom. The molecule has 0 aromatic rings. The molecule has 88 valence electrons.